The molecule has 0 saturated heterocycles. The molecule has 2 aromatic carbocycles. The van der Waals surface area contributed by atoms with Crippen molar-refractivity contribution >= 4 is 23.3 Å². The van der Waals surface area contributed by atoms with Gasteiger partial charge in [0.15, 0.2) is 6.10 Å². The molecule has 0 fully saturated rings. The van der Waals surface area contributed by atoms with E-state index in [2.05, 4.69) is 20.4 Å². The van der Waals surface area contributed by atoms with Gasteiger partial charge in [-0.3, -0.25) is 4.79 Å². The molecule has 32 heavy (non-hydrogen) atoms. The molecule has 4 aromatic rings. The fourth-order valence-electron chi connectivity index (χ4n) is 2.88. The number of esters is 1. The van der Waals surface area contributed by atoms with Crippen LogP contribution in [0.5, 0.6) is 5.75 Å². The number of carbonyl (C=O) groups is 2. The van der Waals surface area contributed by atoms with E-state index in [-0.39, 0.29) is 11.6 Å². The Labute approximate surface area is 184 Å². The molecule has 9 nitrogen and oxygen atoms in total. The van der Waals surface area contributed by atoms with Gasteiger partial charge < -0.3 is 14.8 Å². The minimum atomic E-state index is -1.04. The molecule has 0 spiro atoms. The van der Waals surface area contributed by atoms with Crippen molar-refractivity contribution < 1.29 is 19.1 Å². The van der Waals surface area contributed by atoms with Gasteiger partial charge in [0.05, 0.1) is 0 Å². The number of amides is 1. The highest BCUT2D eigenvalue weighted by atomic mass is 16.5. The Kier molecular flexibility index (Phi) is 6.07. The molecule has 0 aliphatic heterocycles. The summed E-state index contributed by atoms with van der Waals surface area (Å²) >= 11 is 0. The zero-order chi connectivity index (χ0) is 22.5. The standard InChI is InChI=1S/C23H21N5O4/c1-15-12-13-24-23-26-20(27-28(15)23)22(30)32-16(2)21(29)25-18-8-10-19(11-9-18)31-14-17-6-4-3-5-7-17/h3-13,16H,14H2,1-2H3,(H,25,29). The van der Waals surface area contributed by atoms with Crippen molar-refractivity contribution in [2.75, 3.05) is 5.32 Å². The Morgan fingerprint density at radius 3 is 2.53 bits per heavy atom. The molecule has 0 bridgehead atoms. The summed E-state index contributed by atoms with van der Waals surface area (Å²) in [6.45, 7) is 3.74. The molecule has 0 radical (unpaired) electrons. The summed E-state index contributed by atoms with van der Waals surface area (Å²) in [5.41, 5.74) is 2.38. The number of benzene rings is 2. The molecule has 1 atom stereocenters. The van der Waals surface area contributed by atoms with Gasteiger partial charge in [-0.25, -0.2) is 14.3 Å². The first kappa shape index (κ1) is 21.0. The van der Waals surface area contributed by atoms with Crippen molar-refractivity contribution in [3.63, 3.8) is 0 Å². The number of hydrogen-bond donors (Lipinski definition) is 1. The summed E-state index contributed by atoms with van der Waals surface area (Å²) in [6, 6.07) is 18.5. The number of carbonyl (C=O) groups excluding carboxylic acids is 2. The third-order valence-electron chi connectivity index (χ3n) is 4.64. The summed E-state index contributed by atoms with van der Waals surface area (Å²) in [5.74, 6) is -0.486. The zero-order valence-electron chi connectivity index (χ0n) is 17.6. The Bertz CT molecular complexity index is 1240. The lowest BCUT2D eigenvalue weighted by atomic mass is 10.2. The summed E-state index contributed by atoms with van der Waals surface area (Å²) in [7, 11) is 0. The number of hydrogen-bond acceptors (Lipinski definition) is 7. The number of rotatable bonds is 7. The lowest BCUT2D eigenvalue weighted by molar-refractivity contribution is -0.123. The van der Waals surface area contributed by atoms with Crippen LogP contribution in [-0.2, 0) is 16.1 Å². The third-order valence-corrected chi connectivity index (χ3v) is 4.64. The van der Waals surface area contributed by atoms with Crippen LogP contribution in [0, 0.1) is 6.92 Å². The van der Waals surface area contributed by atoms with Crippen molar-refractivity contribution in [2.24, 2.45) is 0 Å². The van der Waals surface area contributed by atoms with E-state index in [0.29, 0.717) is 18.0 Å². The van der Waals surface area contributed by atoms with E-state index in [1.54, 1.807) is 36.5 Å². The van der Waals surface area contributed by atoms with Gasteiger partial charge in [0.2, 0.25) is 0 Å². The van der Waals surface area contributed by atoms with Gasteiger partial charge in [0.1, 0.15) is 12.4 Å². The van der Waals surface area contributed by atoms with E-state index >= 15 is 0 Å². The van der Waals surface area contributed by atoms with Gasteiger partial charge in [-0.2, -0.15) is 4.98 Å². The maximum Gasteiger partial charge on any atom is 0.379 e. The molecule has 1 unspecified atom stereocenters. The van der Waals surface area contributed by atoms with E-state index in [1.165, 1.54) is 11.4 Å². The number of aryl methyl sites for hydroxylation is 1. The lowest BCUT2D eigenvalue weighted by Gasteiger charge is -2.13. The van der Waals surface area contributed by atoms with E-state index in [0.717, 1.165) is 11.3 Å². The maximum absolute atomic E-state index is 12.4. The van der Waals surface area contributed by atoms with Crippen LogP contribution in [-0.4, -0.2) is 37.6 Å². The molecule has 9 heteroatoms. The Hall–Kier alpha value is -4.27. The Balaban J connectivity index is 1.31. The van der Waals surface area contributed by atoms with Crippen LogP contribution in [0.3, 0.4) is 0 Å². The van der Waals surface area contributed by atoms with Crippen molar-refractivity contribution in [3.8, 4) is 5.75 Å². The van der Waals surface area contributed by atoms with Crippen LogP contribution in [0.25, 0.3) is 5.78 Å². The summed E-state index contributed by atoms with van der Waals surface area (Å²) in [5, 5.41) is 6.79. The van der Waals surface area contributed by atoms with E-state index < -0.39 is 18.0 Å². The zero-order valence-corrected chi connectivity index (χ0v) is 17.6. The predicted octanol–water partition coefficient (Wildman–Crippen LogP) is 3.20. The lowest BCUT2D eigenvalue weighted by Crippen LogP contribution is -2.30. The van der Waals surface area contributed by atoms with Crippen molar-refractivity contribution in [3.05, 3.63) is 83.9 Å². The van der Waals surface area contributed by atoms with Gasteiger partial charge in [-0.05, 0) is 49.7 Å². The molecule has 2 aromatic heterocycles. The van der Waals surface area contributed by atoms with Gasteiger partial charge in [-0.1, -0.05) is 30.3 Å². The topological polar surface area (TPSA) is 108 Å². The second kappa shape index (κ2) is 9.25. The highest BCUT2D eigenvalue weighted by Crippen LogP contribution is 2.17. The number of ether oxygens (including phenoxy) is 2. The van der Waals surface area contributed by atoms with Crippen molar-refractivity contribution in [1.29, 1.82) is 0 Å². The van der Waals surface area contributed by atoms with Crippen LogP contribution in [0.2, 0.25) is 0 Å². The van der Waals surface area contributed by atoms with Gasteiger partial charge >= 0.3 is 5.97 Å². The largest absolute Gasteiger partial charge is 0.489 e. The first-order valence-corrected chi connectivity index (χ1v) is 9.96. The smallest absolute Gasteiger partial charge is 0.379 e. The second-order valence-electron chi connectivity index (χ2n) is 7.07. The summed E-state index contributed by atoms with van der Waals surface area (Å²) in [4.78, 5) is 32.8. The highest BCUT2D eigenvalue weighted by molar-refractivity contribution is 5.96. The third kappa shape index (κ3) is 4.89. The van der Waals surface area contributed by atoms with Crippen molar-refractivity contribution in [1.82, 2.24) is 19.6 Å². The summed E-state index contributed by atoms with van der Waals surface area (Å²) in [6.07, 6.45) is 0.528. The Morgan fingerprint density at radius 1 is 1.06 bits per heavy atom. The van der Waals surface area contributed by atoms with E-state index in [4.69, 9.17) is 9.47 Å². The number of nitrogens with zero attached hydrogens (tertiary/aromatic N) is 4. The van der Waals surface area contributed by atoms with Crippen molar-refractivity contribution in [2.45, 2.75) is 26.6 Å². The quantitative estimate of drug-likeness (QED) is 0.448. The first-order chi connectivity index (χ1) is 15.5. The first-order valence-electron chi connectivity index (χ1n) is 9.96. The maximum atomic E-state index is 12.4. The average molecular weight is 431 g/mol. The molecule has 2 heterocycles. The number of anilines is 1. The van der Waals surface area contributed by atoms with Crippen LogP contribution >= 0.6 is 0 Å². The van der Waals surface area contributed by atoms with Crippen LogP contribution < -0.4 is 10.1 Å². The van der Waals surface area contributed by atoms with Gasteiger partial charge in [0.25, 0.3) is 17.5 Å². The number of aromatic nitrogens is 4. The highest BCUT2D eigenvalue weighted by Gasteiger charge is 2.22. The van der Waals surface area contributed by atoms with E-state index in [9.17, 15) is 9.59 Å². The van der Waals surface area contributed by atoms with Gasteiger partial charge in [-0.15, -0.1) is 5.10 Å². The van der Waals surface area contributed by atoms with Gasteiger partial charge in [0, 0.05) is 17.6 Å². The molecule has 4 rings (SSSR count). The monoisotopic (exact) mass is 431 g/mol. The molecule has 0 aliphatic rings. The normalized spacial score (nSPS) is 11.7. The minimum absolute atomic E-state index is 0.161. The Morgan fingerprint density at radius 2 is 1.81 bits per heavy atom. The van der Waals surface area contributed by atoms with Crippen LogP contribution in [0.4, 0.5) is 5.69 Å². The predicted molar refractivity (Wildman–Crippen MR) is 116 cm³/mol. The van der Waals surface area contributed by atoms with Crippen LogP contribution in [0.1, 0.15) is 28.8 Å². The average Bonchev–Trinajstić information content (AvgIpc) is 3.25. The number of nitrogens with one attached hydrogen (secondary N) is 1. The molecule has 1 N–H and O–H groups in total. The SMILES string of the molecule is Cc1ccnc2nc(C(=O)OC(C)C(=O)Nc3ccc(OCc4ccccc4)cc3)nn12. The second-order valence-corrected chi connectivity index (χ2v) is 7.07. The van der Waals surface area contributed by atoms with E-state index in [1.807, 2.05) is 37.3 Å². The fraction of sp³-hybridized carbons (Fsp3) is 0.174. The molecule has 1 amide bonds. The molecule has 0 saturated carbocycles. The molecular formula is C23H21N5O4. The molecule has 162 valence electrons. The minimum Gasteiger partial charge on any atom is -0.489 e. The molecular weight excluding hydrogens is 410 g/mol. The molecule has 0 aliphatic carbocycles. The summed E-state index contributed by atoms with van der Waals surface area (Å²) < 4.78 is 12.4. The van der Waals surface area contributed by atoms with Crippen LogP contribution in [0.15, 0.2) is 66.9 Å². The number of fused-ring (bicyclic) bond motifs is 1. The fourth-order valence-corrected chi connectivity index (χ4v) is 2.88.